The summed E-state index contributed by atoms with van der Waals surface area (Å²) < 4.78 is 5.36. The monoisotopic (exact) mass is 361 g/mol. The number of benzene rings is 1. The average Bonchev–Trinajstić information content (AvgIpc) is 2.95. The highest BCUT2D eigenvalue weighted by molar-refractivity contribution is 5.94. The van der Waals surface area contributed by atoms with Crippen LogP contribution in [0.2, 0.25) is 0 Å². The molecule has 2 heterocycles. The number of hydrogen-bond donors (Lipinski definition) is 0. The van der Waals surface area contributed by atoms with Crippen molar-refractivity contribution in [1.82, 2.24) is 4.90 Å². The van der Waals surface area contributed by atoms with Crippen molar-refractivity contribution >= 4 is 11.9 Å². The van der Waals surface area contributed by atoms with Gasteiger partial charge in [-0.15, -0.1) is 0 Å². The summed E-state index contributed by atoms with van der Waals surface area (Å²) in [6, 6.07) is 9.73. The van der Waals surface area contributed by atoms with Gasteiger partial charge in [0.15, 0.2) is 6.10 Å². The molecule has 2 unspecified atom stereocenters. The lowest BCUT2D eigenvalue weighted by Crippen LogP contribution is -2.56. The second-order valence-electron chi connectivity index (χ2n) is 7.18. The molecule has 6 heteroatoms. The van der Waals surface area contributed by atoms with Crippen LogP contribution in [-0.4, -0.2) is 41.6 Å². The second kappa shape index (κ2) is 7.37. The Morgan fingerprint density at radius 1 is 1.23 bits per heavy atom. The van der Waals surface area contributed by atoms with Gasteiger partial charge in [-0.3, -0.25) is 9.59 Å². The van der Waals surface area contributed by atoms with Crippen LogP contribution >= 0.6 is 0 Å². The number of carbonyl (C=O) groups excluding carboxylic acids is 2. The van der Waals surface area contributed by atoms with Crippen molar-refractivity contribution < 1.29 is 24.1 Å². The highest BCUT2D eigenvalue weighted by Crippen LogP contribution is 2.49. The van der Waals surface area contributed by atoms with Crippen LogP contribution in [0.5, 0.6) is 0 Å². The number of rotatable bonds is 6. The highest BCUT2D eigenvalue weighted by atomic mass is 17.2. The fourth-order valence-electron chi connectivity index (χ4n) is 4.01. The minimum atomic E-state index is -1.02. The Kier molecular flexibility index (Phi) is 5.34. The molecular formula is C20H27NO5. The van der Waals surface area contributed by atoms with Crippen LogP contribution < -0.4 is 0 Å². The predicted molar refractivity (Wildman–Crippen MR) is 94.8 cm³/mol. The zero-order valence-corrected chi connectivity index (χ0v) is 15.7. The Balaban J connectivity index is 1.92. The quantitative estimate of drug-likeness (QED) is 0.576. The zero-order valence-electron chi connectivity index (χ0n) is 15.7. The number of ether oxygens (including phenoxy) is 1. The molecule has 0 aromatic heterocycles. The molecule has 2 aliphatic rings. The standard InChI is InChI=1S/C20H27NO5/c1-4-19(5-2)13-20(18(23)24-6-3)14-21(17(22)16(20)25-26-19)12-15-10-8-7-9-11-15/h7-11,16H,4-6,12-14H2,1-3H3. The molecule has 2 fully saturated rings. The Labute approximate surface area is 154 Å². The third kappa shape index (κ3) is 3.12. The molecule has 3 rings (SSSR count). The molecule has 2 atom stereocenters. The third-order valence-electron chi connectivity index (χ3n) is 5.66. The van der Waals surface area contributed by atoms with Gasteiger partial charge in [-0.25, -0.2) is 9.78 Å². The molecule has 0 N–H and O–H groups in total. The van der Waals surface area contributed by atoms with Crippen LogP contribution in [0.4, 0.5) is 0 Å². The SMILES string of the molecule is CCOC(=O)C12CN(Cc3ccccc3)C(=O)C1OOC(CC)(CC)C2. The van der Waals surface area contributed by atoms with Crippen LogP contribution in [-0.2, 0) is 30.6 Å². The van der Waals surface area contributed by atoms with Crippen molar-refractivity contribution in [3.63, 3.8) is 0 Å². The summed E-state index contributed by atoms with van der Waals surface area (Å²) in [5.74, 6) is -0.591. The summed E-state index contributed by atoms with van der Waals surface area (Å²) in [5, 5.41) is 0. The van der Waals surface area contributed by atoms with Gasteiger partial charge in [-0.1, -0.05) is 44.2 Å². The van der Waals surface area contributed by atoms with E-state index < -0.39 is 17.1 Å². The number of amides is 1. The summed E-state index contributed by atoms with van der Waals surface area (Å²) in [6.45, 7) is 6.78. The van der Waals surface area contributed by atoms with E-state index in [1.807, 2.05) is 44.2 Å². The maximum absolute atomic E-state index is 13.0. The van der Waals surface area contributed by atoms with Crippen LogP contribution in [0.3, 0.4) is 0 Å². The van der Waals surface area contributed by atoms with Crippen molar-refractivity contribution in [1.29, 1.82) is 0 Å². The van der Waals surface area contributed by atoms with Crippen LogP contribution in [0, 0.1) is 5.41 Å². The summed E-state index contributed by atoms with van der Waals surface area (Å²) >= 11 is 0. The first-order valence-electron chi connectivity index (χ1n) is 9.34. The van der Waals surface area contributed by atoms with Gasteiger partial charge in [0.2, 0.25) is 0 Å². The maximum atomic E-state index is 13.0. The van der Waals surface area contributed by atoms with E-state index in [4.69, 9.17) is 14.5 Å². The Morgan fingerprint density at radius 3 is 2.54 bits per heavy atom. The van der Waals surface area contributed by atoms with Crippen molar-refractivity contribution in [3.05, 3.63) is 35.9 Å². The molecule has 0 saturated carbocycles. The Hall–Kier alpha value is -1.92. The van der Waals surface area contributed by atoms with Gasteiger partial charge >= 0.3 is 5.97 Å². The summed E-state index contributed by atoms with van der Waals surface area (Å²) in [5.41, 5.74) is -0.588. The molecule has 0 bridgehead atoms. The van der Waals surface area contributed by atoms with E-state index in [1.54, 1.807) is 11.8 Å². The molecule has 0 radical (unpaired) electrons. The molecule has 142 valence electrons. The molecule has 1 aromatic carbocycles. The fraction of sp³-hybridized carbons (Fsp3) is 0.600. The normalized spacial score (nSPS) is 27.3. The number of hydrogen-bond acceptors (Lipinski definition) is 5. The highest BCUT2D eigenvalue weighted by Gasteiger charge is 2.65. The number of esters is 1. The van der Waals surface area contributed by atoms with E-state index in [0.717, 1.165) is 5.56 Å². The lowest BCUT2D eigenvalue weighted by atomic mass is 9.72. The van der Waals surface area contributed by atoms with Gasteiger partial charge in [-0.2, -0.15) is 0 Å². The van der Waals surface area contributed by atoms with Crippen LogP contribution in [0.1, 0.15) is 45.6 Å². The van der Waals surface area contributed by atoms with Gasteiger partial charge in [0.25, 0.3) is 5.91 Å². The topological polar surface area (TPSA) is 65.1 Å². The largest absolute Gasteiger partial charge is 0.465 e. The van der Waals surface area contributed by atoms with E-state index in [2.05, 4.69) is 0 Å². The van der Waals surface area contributed by atoms with E-state index in [-0.39, 0.29) is 25.0 Å². The van der Waals surface area contributed by atoms with Gasteiger partial charge in [0, 0.05) is 19.5 Å². The predicted octanol–water partition coefficient (Wildman–Crippen LogP) is 2.86. The lowest BCUT2D eigenvalue weighted by molar-refractivity contribution is -0.419. The molecule has 6 nitrogen and oxygen atoms in total. The van der Waals surface area contributed by atoms with E-state index in [1.165, 1.54) is 0 Å². The third-order valence-corrected chi connectivity index (χ3v) is 5.66. The van der Waals surface area contributed by atoms with Gasteiger partial charge in [0.1, 0.15) is 11.0 Å². The van der Waals surface area contributed by atoms with Crippen molar-refractivity contribution in [2.24, 2.45) is 5.41 Å². The maximum Gasteiger partial charge on any atom is 0.317 e. The molecule has 2 saturated heterocycles. The van der Waals surface area contributed by atoms with E-state index >= 15 is 0 Å². The summed E-state index contributed by atoms with van der Waals surface area (Å²) in [7, 11) is 0. The second-order valence-corrected chi connectivity index (χ2v) is 7.18. The lowest BCUT2D eigenvalue weighted by Gasteiger charge is -2.44. The first-order valence-corrected chi connectivity index (χ1v) is 9.34. The van der Waals surface area contributed by atoms with Crippen LogP contribution in [0.25, 0.3) is 0 Å². The Morgan fingerprint density at radius 2 is 1.92 bits per heavy atom. The van der Waals surface area contributed by atoms with Crippen molar-refractivity contribution in [3.8, 4) is 0 Å². The van der Waals surface area contributed by atoms with E-state index in [9.17, 15) is 9.59 Å². The molecule has 0 aliphatic carbocycles. The fourth-order valence-corrected chi connectivity index (χ4v) is 4.01. The summed E-state index contributed by atoms with van der Waals surface area (Å²) in [6.07, 6.45) is 0.874. The minimum absolute atomic E-state index is 0.220. The number of fused-ring (bicyclic) bond motifs is 1. The number of carbonyl (C=O) groups is 2. The smallest absolute Gasteiger partial charge is 0.317 e. The minimum Gasteiger partial charge on any atom is -0.465 e. The molecular weight excluding hydrogens is 334 g/mol. The van der Waals surface area contributed by atoms with Crippen molar-refractivity contribution in [2.75, 3.05) is 13.2 Å². The Bertz CT molecular complexity index is 657. The molecule has 2 aliphatic heterocycles. The van der Waals surface area contributed by atoms with Gasteiger partial charge in [-0.05, 0) is 25.3 Å². The molecule has 1 amide bonds. The van der Waals surface area contributed by atoms with Crippen LogP contribution in [0.15, 0.2) is 30.3 Å². The molecule has 26 heavy (non-hydrogen) atoms. The average molecular weight is 361 g/mol. The number of nitrogens with zero attached hydrogens (tertiary/aromatic N) is 1. The first kappa shape index (κ1) is 18.9. The first-order chi connectivity index (χ1) is 12.5. The molecule has 0 spiro atoms. The summed E-state index contributed by atoms with van der Waals surface area (Å²) in [4.78, 5) is 38.8. The number of likely N-dealkylation sites (tertiary alicyclic amines) is 1. The van der Waals surface area contributed by atoms with E-state index in [0.29, 0.717) is 25.8 Å². The molecule has 1 aromatic rings. The zero-order chi connectivity index (χ0) is 18.8. The van der Waals surface area contributed by atoms with Crippen molar-refractivity contribution in [2.45, 2.75) is 58.3 Å². The van der Waals surface area contributed by atoms with Gasteiger partial charge < -0.3 is 9.64 Å². The van der Waals surface area contributed by atoms with Gasteiger partial charge in [0.05, 0.1) is 6.61 Å².